The average Bonchev–Trinajstić information content (AvgIpc) is 2.65. The third kappa shape index (κ3) is 2.22. The number of hydrogen-bond donors (Lipinski definition) is 1. The van der Waals surface area contributed by atoms with Crippen molar-refractivity contribution >= 4 is 10.9 Å². The molecule has 1 heterocycles. The summed E-state index contributed by atoms with van der Waals surface area (Å²) in [5, 5.41) is 0.667. The van der Waals surface area contributed by atoms with Crippen molar-refractivity contribution in [1.82, 2.24) is 4.57 Å². The average molecular weight is 256 g/mol. The zero-order valence-electron chi connectivity index (χ0n) is 10.1. The second-order valence-corrected chi connectivity index (χ2v) is 4.33. The molecule has 1 aromatic carbocycles. The summed E-state index contributed by atoms with van der Waals surface area (Å²) in [7, 11) is 1.44. The van der Waals surface area contributed by atoms with Gasteiger partial charge in [0.15, 0.2) is 0 Å². The van der Waals surface area contributed by atoms with Gasteiger partial charge in [0.2, 0.25) is 0 Å². The standard InChI is InChI=1S/C13H15F3N2/c1-18-11-6-2-4-9(5-3-7-17)10(11)8-12(18)13(14,15)16/h2,4,6,8H,3,5,7,17H2,1H3. The topological polar surface area (TPSA) is 30.9 Å². The predicted octanol–water partition coefficient (Wildman–Crippen LogP) is 3.09. The molecule has 0 saturated carbocycles. The monoisotopic (exact) mass is 256 g/mol. The Kier molecular flexibility index (Phi) is 3.34. The van der Waals surface area contributed by atoms with Crippen LogP contribution in [0.1, 0.15) is 17.7 Å². The summed E-state index contributed by atoms with van der Waals surface area (Å²) in [6, 6.07) is 6.57. The van der Waals surface area contributed by atoms with E-state index < -0.39 is 11.9 Å². The van der Waals surface area contributed by atoms with Crippen LogP contribution in [0.3, 0.4) is 0 Å². The lowest BCUT2D eigenvalue weighted by molar-refractivity contribution is -0.142. The summed E-state index contributed by atoms with van der Waals surface area (Å²) in [6.07, 6.45) is -2.84. The largest absolute Gasteiger partial charge is 0.431 e. The van der Waals surface area contributed by atoms with Gasteiger partial charge in [-0.3, -0.25) is 0 Å². The highest BCUT2D eigenvalue weighted by Gasteiger charge is 2.34. The van der Waals surface area contributed by atoms with Crippen LogP contribution >= 0.6 is 0 Å². The molecule has 0 unspecified atom stereocenters. The van der Waals surface area contributed by atoms with Gasteiger partial charge in [-0.25, -0.2) is 0 Å². The number of benzene rings is 1. The van der Waals surface area contributed by atoms with Crippen molar-refractivity contribution in [3.63, 3.8) is 0 Å². The van der Waals surface area contributed by atoms with Crippen molar-refractivity contribution in [3.05, 3.63) is 35.5 Å². The molecule has 0 aliphatic carbocycles. The fourth-order valence-electron chi connectivity index (χ4n) is 2.20. The van der Waals surface area contributed by atoms with Gasteiger partial charge < -0.3 is 10.3 Å². The van der Waals surface area contributed by atoms with Crippen molar-refractivity contribution in [2.45, 2.75) is 19.0 Å². The third-order valence-corrected chi connectivity index (χ3v) is 3.12. The maximum absolute atomic E-state index is 12.8. The molecule has 0 fully saturated rings. The quantitative estimate of drug-likeness (QED) is 0.898. The van der Waals surface area contributed by atoms with Crippen molar-refractivity contribution in [2.24, 2.45) is 12.8 Å². The summed E-state index contributed by atoms with van der Waals surface area (Å²) >= 11 is 0. The molecule has 0 bridgehead atoms. The van der Waals surface area contributed by atoms with Gasteiger partial charge in [0.1, 0.15) is 5.69 Å². The highest BCUT2D eigenvalue weighted by molar-refractivity contribution is 5.85. The Bertz CT molecular complexity index is 555. The van der Waals surface area contributed by atoms with E-state index in [-0.39, 0.29) is 0 Å². The van der Waals surface area contributed by atoms with Gasteiger partial charge in [0.05, 0.1) is 0 Å². The first kappa shape index (κ1) is 13.0. The van der Waals surface area contributed by atoms with Crippen LogP contribution < -0.4 is 5.73 Å². The van der Waals surface area contributed by atoms with Crippen molar-refractivity contribution in [2.75, 3.05) is 6.54 Å². The molecule has 18 heavy (non-hydrogen) atoms. The molecule has 0 aliphatic rings. The van der Waals surface area contributed by atoms with E-state index in [0.717, 1.165) is 12.0 Å². The van der Waals surface area contributed by atoms with Gasteiger partial charge in [-0.15, -0.1) is 0 Å². The van der Waals surface area contributed by atoms with Crippen LogP contribution in [0.5, 0.6) is 0 Å². The maximum atomic E-state index is 12.8. The highest BCUT2D eigenvalue weighted by atomic mass is 19.4. The van der Waals surface area contributed by atoms with E-state index in [1.54, 1.807) is 12.1 Å². The van der Waals surface area contributed by atoms with E-state index in [1.165, 1.54) is 17.7 Å². The Morgan fingerprint density at radius 3 is 2.61 bits per heavy atom. The minimum atomic E-state index is -4.32. The SMILES string of the molecule is Cn1c(C(F)(F)F)cc2c(CCCN)cccc21. The molecule has 0 atom stereocenters. The molecule has 1 aromatic heterocycles. The van der Waals surface area contributed by atoms with Crippen LogP contribution in [0.25, 0.3) is 10.9 Å². The van der Waals surface area contributed by atoms with Crippen LogP contribution in [-0.4, -0.2) is 11.1 Å². The summed E-state index contributed by atoms with van der Waals surface area (Å²) in [4.78, 5) is 0. The molecule has 2 N–H and O–H groups in total. The lowest BCUT2D eigenvalue weighted by atomic mass is 10.1. The Hall–Kier alpha value is -1.49. The molecule has 0 radical (unpaired) electrons. The van der Waals surface area contributed by atoms with E-state index in [0.29, 0.717) is 23.9 Å². The molecule has 2 aromatic rings. The van der Waals surface area contributed by atoms with Crippen LogP contribution in [0.15, 0.2) is 24.3 Å². The summed E-state index contributed by atoms with van der Waals surface area (Å²) in [6.45, 7) is 0.537. The van der Waals surface area contributed by atoms with E-state index >= 15 is 0 Å². The smallest absolute Gasteiger partial charge is 0.340 e. The van der Waals surface area contributed by atoms with Gasteiger partial charge in [-0.1, -0.05) is 12.1 Å². The molecule has 2 nitrogen and oxygen atoms in total. The predicted molar refractivity (Wildman–Crippen MR) is 65.3 cm³/mol. The Morgan fingerprint density at radius 1 is 1.28 bits per heavy atom. The highest BCUT2D eigenvalue weighted by Crippen LogP contribution is 2.34. The number of nitrogens with zero attached hydrogens (tertiary/aromatic N) is 1. The van der Waals surface area contributed by atoms with Gasteiger partial charge in [0.25, 0.3) is 0 Å². The molecule has 0 aliphatic heterocycles. The van der Waals surface area contributed by atoms with Gasteiger partial charge in [-0.05, 0) is 37.1 Å². The third-order valence-electron chi connectivity index (χ3n) is 3.12. The van der Waals surface area contributed by atoms with Crippen LogP contribution in [0.4, 0.5) is 13.2 Å². The summed E-state index contributed by atoms with van der Waals surface area (Å²) in [5.74, 6) is 0. The number of hydrogen-bond acceptors (Lipinski definition) is 1. The molecule has 0 spiro atoms. The molecular formula is C13H15F3N2. The number of alkyl halides is 3. The molecule has 98 valence electrons. The number of fused-ring (bicyclic) bond motifs is 1. The summed E-state index contributed by atoms with van der Waals surface area (Å²) < 4.78 is 39.7. The zero-order chi connectivity index (χ0) is 13.3. The molecule has 0 saturated heterocycles. The normalized spacial score (nSPS) is 12.3. The zero-order valence-corrected chi connectivity index (χ0v) is 10.1. The number of nitrogens with two attached hydrogens (primary N) is 1. The fourth-order valence-corrected chi connectivity index (χ4v) is 2.20. The van der Waals surface area contributed by atoms with Crippen LogP contribution in [0.2, 0.25) is 0 Å². The molecule has 0 amide bonds. The van der Waals surface area contributed by atoms with Gasteiger partial charge in [-0.2, -0.15) is 13.2 Å². The van der Waals surface area contributed by atoms with E-state index in [4.69, 9.17) is 5.73 Å². The van der Waals surface area contributed by atoms with Crippen molar-refractivity contribution < 1.29 is 13.2 Å². The molecule has 5 heteroatoms. The van der Waals surface area contributed by atoms with Crippen molar-refractivity contribution in [1.29, 1.82) is 0 Å². The minimum Gasteiger partial charge on any atom is -0.340 e. The summed E-state index contributed by atoms with van der Waals surface area (Å²) in [5.41, 5.74) is 6.35. The Labute approximate surface area is 103 Å². The first-order chi connectivity index (χ1) is 8.45. The van der Waals surface area contributed by atoms with Gasteiger partial charge >= 0.3 is 6.18 Å². The molecule has 2 rings (SSSR count). The second kappa shape index (κ2) is 4.65. The number of aromatic nitrogens is 1. The number of halogens is 3. The Morgan fingerprint density at radius 2 is 2.00 bits per heavy atom. The lowest BCUT2D eigenvalue weighted by Gasteiger charge is -2.07. The van der Waals surface area contributed by atoms with E-state index in [1.807, 2.05) is 6.07 Å². The van der Waals surface area contributed by atoms with Crippen molar-refractivity contribution in [3.8, 4) is 0 Å². The van der Waals surface area contributed by atoms with Gasteiger partial charge in [0, 0.05) is 18.0 Å². The van der Waals surface area contributed by atoms with E-state index in [2.05, 4.69) is 0 Å². The van der Waals surface area contributed by atoms with Crippen LogP contribution in [-0.2, 0) is 19.6 Å². The number of aryl methyl sites for hydroxylation is 2. The fraction of sp³-hybridized carbons (Fsp3) is 0.385. The van der Waals surface area contributed by atoms with Crippen LogP contribution in [0, 0.1) is 0 Å². The molecular weight excluding hydrogens is 241 g/mol. The van der Waals surface area contributed by atoms with E-state index in [9.17, 15) is 13.2 Å². The first-order valence-corrected chi connectivity index (χ1v) is 5.79. The number of rotatable bonds is 3. The maximum Gasteiger partial charge on any atom is 0.431 e. The minimum absolute atomic E-state index is 0.537. The second-order valence-electron chi connectivity index (χ2n) is 4.33. The Balaban J connectivity index is 2.57. The first-order valence-electron chi connectivity index (χ1n) is 5.79. The lowest BCUT2D eigenvalue weighted by Crippen LogP contribution is -2.10.